The lowest BCUT2D eigenvalue weighted by molar-refractivity contribution is 0.167. The van der Waals surface area contributed by atoms with Gasteiger partial charge in [-0.25, -0.2) is 4.39 Å². The zero-order chi connectivity index (χ0) is 24.9. The third-order valence-corrected chi connectivity index (χ3v) is 6.88. The summed E-state index contributed by atoms with van der Waals surface area (Å²) in [6, 6.07) is 13.8. The Balaban J connectivity index is 1.97. The van der Waals surface area contributed by atoms with Crippen LogP contribution in [-0.4, -0.2) is 21.1 Å². The maximum Gasteiger partial charge on any atom is 0.297 e. The molecule has 0 N–H and O–H groups in total. The summed E-state index contributed by atoms with van der Waals surface area (Å²) in [5.74, 6) is -0.235. The van der Waals surface area contributed by atoms with E-state index in [0.717, 1.165) is 5.56 Å². The number of hydrogen-bond acceptors (Lipinski definition) is 4. The molecule has 0 aliphatic rings. The molecule has 1 atom stereocenters. The van der Waals surface area contributed by atoms with Gasteiger partial charge in [-0.1, -0.05) is 59.6 Å². The largest absolute Gasteiger partial charge is 0.483 e. The minimum atomic E-state index is -4.02. The van der Waals surface area contributed by atoms with E-state index in [-0.39, 0.29) is 23.7 Å². The Labute approximate surface area is 209 Å². The molecule has 3 rings (SSSR count). The molecule has 178 valence electrons. The minimum absolute atomic E-state index is 0.0265. The van der Waals surface area contributed by atoms with Gasteiger partial charge in [0.05, 0.1) is 14.9 Å². The standard InChI is InChI=1S/C26H23Cl2FO4S/c1-4-7-18-14-19(29)15-22(25-23(27)8-6-9-24(25)28)26(18)33-20(5-2)16-32-34(30,31)21-12-10-17(3)11-13-21/h4-6,8-15,20H,1-2,7,16H2,3H3/t20-/m0/s1. The van der Waals surface area contributed by atoms with E-state index >= 15 is 0 Å². The third kappa shape index (κ3) is 6.07. The lowest BCUT2D eigenvalue weighted by Gasteiger charge is -2.22. The van der Waals surface area contributed by atoms with Gasteiger partial charge in [0, 0.05) is 16.7 Å². The van der Waals surface area contributed by atoms with Gasteiger partial charge in [-0.05, 0) is 55.8 Å². The molecule has 0 spiro atoms. The van der Waals surface area contributed by atoms with Crippen molar-refractivity contribution < 1.29 is 21.7 Å². The SMILES string of the molecule is C=CCc1cc(F)cc(-c2c(Cl)cccc2Cl)c1O[C@@H](C=C)COS(=O)(=O)c1ccc(C)cc1. The summed E-state index contributed by atoms with van der Waals surface area (Å²) < 4.78 is 51.1. The molecular weight excluding hydrogens is 498 g/mol. The highest BCUT2D eigenvalue weighted by molar-refractivity contribution is 7.86. The number of ether oxygens (including phenoxy) is 1. The van der Waals surface area contributed by atoms with Crippen LogP contribution in [0.4, 0.5) is 4.39 Å². The van der Waals surface area contributed by atoms with Gasteiger partial charge in [0.15, 0.2) is 0 Å². The molecule has 3 aromatic rings. The smallest absolute Gasteiger partial charge is 0.297 e. The molecule has 0 amide bonds. The quantitative estimate of drug-likeness (QED) is 0.210. The van der Waals surface area contributed by atoms with E-state index in [1.807, 2.05) is 6.92 Å². The normalized spacial score (nSPS) is 12.2. The molecule has 0 saturated carbocycles. The molecule has 0 fully saturated rings. The van der Waals surface area contributed by atoms with Crippen molar-refractivity contribution in [1.82, 2.24) is 0 Å². The van der Waals surface area contributed by atoms with Crippen molar-refractivity contribution in [2.24, 2.45) is 0 Å². The van der Waals surface area contributed by atoms with Crippen LogP contribution in [0.3, 0.4) is 0 Å². The Morgan fingerprint density at radius 3 is 2.29 bits per heavy atom. The average molecular weight is 521 g/mol. The molecule has 0 unspecified atom stereocenters. The number of allylic oxidation sites excluding steroid dienone is 1. The van der Waals surface area contributed by atoms with Gasteiger partial charge in [0.2, 0.25) is 0 Å². The molecule has 0 saturated heterocycles. The van der Waals surface area contributed by atoms with Crippen molar-refractivity contribution in [2.75, 3.05) is 6.61 Å². The van der Waals surface area contributed by atoms with E-state index in [2.05, 4.69) is 13.2 Å². The van der Waals surface area contributed by atoms with E-state index in [1.54, 1.807) is 36.4 Å². The van der Waals surface area contributed by atoms with Gasteiger partial charge in [-0.3, -0.25) is 4.18 Å². The number of hydrogen-bond donors (Lipinski definition) is 0. The van der Waals surface area contributed by atoms with Crippen LogP contribution in [0.1, 0.15) is 11.1 Å². The topological polar surface area (TPSA) is 52.6 Å². The Morgan fingerprint density at radius 1 is 1.06 bits per heavy atom. The molecule has 0 aromatic heterocycles. The first-order chi connectivity index (χ1) is 16.2. The molecule has 0 heterocycles. The van der Waals surface area contributed by atoms with E-state index in [9.17, 15) is 12.8 Å². The van der Waals surface area contributed by atoms with Crippen LogP contribution < -0.4 is 4.74 Å². The van der Waals surface area contributed by atoms with Crippen molar-refractivity contribution in [3.8, 4) is 16.9 Å². The maximum atomic E-state index is 14.5. The van der Waals surface area contributed by atoms with Crippen LogP contribution in [0.25, 0.3) is 11.1 Å². The Bertz CT molecular complexity index is 1280. The summed E-state index contributed by atoms with van der Waals surface area (Å²) in [6.07, 6.45) is 2.41. The number of benzene rings is 3. The van der Waals surface area contributed by atoms with Crippen LogP contribution in [-0.2, 0) is 20.7 Å². The van der Waals surface area contributed by atoms with Crippen molar-refractivity contribution in [3.05, 3.63) is 107 Å². The van der Waals surface area contributed by atoms with Crippen molar-refractivity contribution in [3.63, 3.8) is 0 Å². The molecule has 34 heavy (non-hydrogen) atoms. The van der Waals surface area contributed by atoms with Crippen molar-refractivity contribution >= 4 is 33.3 Å². The average Bonchev–Trinajstić information content (AvgIpc) is 2.78. The first-order valence-corrected chi connectivity index (χ1v) is 12.5. The predicted molar refractivity (Wildman–Crippen MR) is 135 cm³/mol. The van der Waals surface area contributed by atoms with Crippen molar-refractivity contribution in [2.45, 2.75) is 24.3 Å². The Morgan fingerprint density at radius 2 is 1.71 bits per heavy atom. The first kappa shape index (κ1) is 26.0. The molecule has 0 aliphatic carbocycles. The number of rotatable bonds is 10. The van der Waals surface area contributed by atoms with Gasteiger partial charge in [-0.2, -0.15) is 8.42 Å². The molecule has 8 heteroatoms. The number of aryl methyl sites for hydroxylation is 1. The van der Waals surface area contributed by atoms with Gasteiger partial charge in [-0.15, -0.1) is 6.58 Å². The summed E-state index contributed by atoms with van der Waals surface area (Å²) in [4.78, 5) is 0.0265. The fraction of sp³-hybridized carbons (Fsp3) is 0.154. The van der Waals surface area contributed by atoms with Crippen LogP contribution in [0.2, 0.25) is 10.0 Å². The first-order valence-electron chi connectivity index (χ1n) is 10.3. The maximum absolute atomic E-state index is 14.5. The fourth-order valence-corrected chi connectivity index (χ4v) is 4.79. The minimum Gasteiger partial charge on any atom is -0.483 e. The molecule has 3 aromatic carbocycles. The van der Waals surface area contributed by atoms with Crippen molar-refractivity contribution in [1.29, 1.82) is 0 Å². The molecule has 0 bridgehead atoms. The molecular formula is C26H23Cl2FO4S. The highest BCUT2D eigenvalue weighted by Gasteiger charge is 2.23. The van der Waals surface area contributed by atoms with Crippen LogP contribution in [0.15, 0.2) is 84.8 Å². The monoisotopic (exact) mass is 520 g/mol. The van der Waals surface area contributed by atoms with Gasteiger partial charge in [0.1, 0.15) is 24.3 Å². The lowest BCUT2D eigenvalue weighted by Crippen LogP contribution is -2.24. The summed E-state index contributed by atoms with van der Waals surface area (Å²) in [7, 11) is -4.02. The fourth-order valence-electron chi connectivity index (χ4n) is 3.27. The van der Waals surface area contributed by atoms with Crippen LogP contribution in [0.5, 0.6) is 5.75 Å². The second-order valence-corrected chi connectivity index (χ2v) is 9.90. The molecule has 0 aliphatic heterocycles. The van der Waals surface area contributed by atoms with Gasteiger partial charge >= 0.3 is 0 Å². The second kappa shape index (κ2) is 11.2. The Hall–Kier alpha value is -2.64. The highest BCUT2D eigenvalue weighted by atomic mass is 35.5. The van der Waals surface area contributed by atoms with E-state index in [0.29, 0.717) is 26.7 Å². The molecule has 0 radical (unpaired) electrons. The zero-order valence-electron chi connectivity index (χ0n) is 18.4. The summed E-state index contributed by atoms with van der Waals surface area (Å²) in [5.41, 5.74) is 2.11. The summed E-state index contributed by atoms with van der Waals surface area (Å²) in [5, 5.41) is 0.613. The summed E-state index contributed by atoms with van der Waals surface area (Å²) in [6.45, 7) is 8.95. The molecule has 4 nitrogen and oxygen atoms in total. The van der Waals surface area contributed by atoms with Crippen LogP contribution in [0, 0.1) is 12.7 Å². The van der Waals surface area contributed by atoms with Gasteiger partial charge in [0.25, 0.3) is 10.1 Å². The zero-order valence-corrected chi connectivity index (χ0v) is 20.8. The van der Waals surface area contributed by atoms with Crippen LogP contribution >= 0.6 is 23.2 Å². The van der Waals surface area contributed by atoms with E-state index in [1.165, 1.54) is 30.3 Å². The van der Waals surface area contributed by atoms with Gasteiger partial charge < -0.3 is 4.74 Å². The summed E-state index contributed by atoms with van der Waals surface area (Å²) >= 11 is 12.8. The highest BCUT2D eigenvalue weighted by Crippen LogP contribution is 2.42. The number of halogens is 3. The third-order valence-electron chi connectivity index (χ3n) is 4.96. The van der Waals surface area contributed by atoms with E-state index < -0.39 is 22.0 Å². The Kier molecular flexibility index (Phi) is 8.55. The van der Waals surface area contributed by atoms with E-state index in [4.69, 9.17) is 32.1 Å². The second-order valence-electron chi connectivity index (χ2n) is 7.47. The lowest BCUT2D eigenvalue weighted by atomic mass is 9.99. The predicted octanol–water partition coefficient (Wildman–Crippen LogP) is 7.18.